The van der Waals surface area contributed by atoms with Crippen molar-refractivity contribution in [2.75, 3.05) is 7.11 Å². The predicted molar refractivity (Wildman–Crippen MR) is 144 cm³/mol. The first-order valence-electron chi connectivity index (χ1n) is 11.6. The van der Waals surface area contributed by atoms with E-state index in [-0.39, 0.29) is 27.6 Å². The molecular formula is C28H25ClN4O4. The number of halogens is 1. The highest BCUT2D eigenvalue weighted by Gasteiger charge is 2.32. The minimum Gasteiger partial charge on any atom is -0.503 e. The number of aromatic nitrogens is 4. The molecule has 5 aromatic rings. The molecule has 5 N–H and O–H groups in total. The van der Waals surface area contributed by atoms with E-state index in [0.717, 1.165) is 22.3 Å². The molecule has 2 aromatic heterocycles. The van der Waals surface area contributed by atoms with E-state index in [1.54, 1.807) is 12.1 Å². The lowest BCUT2D eigenvalue weighted by molar-refractivity contribution is 0.373. The Balaban J connectivity index is 1.84. The van der Waals surface area contributed by atoms with Crippen LogP contribution in [0, 0.1) is 13.8 Å². The molecule has 0 atom stereocenters. The number of H-pyrrole nitrogens is 4. The molecule has 0 amide bonds. The molecule has 8 nitrogen and oxygen atoms in total. The Morgan fingerprint density at radius 2 is 1.22 bits per heavy atom. The van der Waals surface area contributed by atoms with Crippen LogP contribution in [-0.2, 0) is 0 Å². The highest BCUT2D eigenvalue weighted by atomic mass is 35.5. The van der Waals surface area contributed by atoms with Crippen LogP contribution in [0.3, 0.4) is 0 Å². The molecule has 0 saturated carbocycles. The highest BCUT2D eigenvalue weighted by molar-refractivity contribution is 6.32. The van der Waals surface area contributed by atoms with Gasteiger partial charge in [0.2, 0.25) is 0 Å². The van der Waals surface area contributed by atoms with E-state index >= 15 is 0 Å². The van der Waals surface area contributed by atoms with Gasteiger partial charge in [-0.05, 0) is 42.7 Å². The first-order chi connectivity index (χ1) is 17.8. The first-order valence-corrected chi connectivity index (χ1v) is 12.0. The number of rotatable bonds is 6. The highest BCUT2D eigenvalue weighted by Crippen LogP contribution is 2.43. The van der Waals surface area contributed by atoms with Crippen molar-refractivity contribution in [3.63, 3.8) is 0 Å². The Morgan fingerprint density at radius 3 is 1.65 bits per heavy atom. The number of nitrogens with one attached hydrogen (secondary N) is 4. The molecule has 37 heavy (non-hydrogen) atoms. The van der Waals surface area contributed by atoms with E-state index in [1.807, 2.05) is 62.4 Å². The molecule has 0 aliphatic rings. The molecule has 0 radical (unpaired) electrons. The topological polar surface area (TPSA) is 127 Å². The number of hydrogen-bond donors (Lipinski definition) is 5. The summed E-state index contributed by atoms with van der Waals surface area (Å²) in [6.07, 6.45) is 0. The summed E-state index contributed by atoms with van der Waals surface area (Å²) >= 11 is 6.38. The van der Waals surface area contributed by atoms with Crippen molar-refractivity contribution in [2.24, 2.45) is 0 Å². The lowest BCUT2D eigenvalue weighted by atomic mass is 9.83. The zero-order valence-corrected chi connectivity index (χ0v) is 21.2. The van der Waals surface area contributed by atoms with Gasteiger partial charge in [0.25, 0.3) is 11.1 Å². The van der Waals surface area contributed by atoms with Crippen LogP contribution in [0.4, 0.5) is 0 Å². The van der Waals surface area contributed by atoms with Crippen molar-refractivity contribution in [1.82, 2.24) is 20.4 Å². The lowest BCUT2D eigenvalue weighted by Gasteiger charge is -2.19. The Labute approximate surface area is 216 Å². The van der Waals surface area contributed by atoms with Gasteiger partial charge in [-0.3, -0.25) is 30.0 Å². The van der Waals surface area contributed by atoms with Crippen LogP contribution in [0.2, 0.25) is 5.02 Å². The number of aryl methyl sites for hydroxylation is 2. The van der Waals surface area contributed by atoms with Crippen molar-refractivity contribution in [3.05, 3.63) is 114 Å². The van der Waals surface area contributed by atoms with Crippen LogP contribution >= 0.6 is 11.6 Å². The average molecular weight is 517 g/mol. The normalized spacial score (nSPS) is 11.3. The van der Waals surface area contributed by atoms with Crippen LogP contribution < -0.4 is 15.9 Å². The molecule has 9 heteroatoms. The summed E-state index contributed by atoms with van der Waals surface area (Å²) in [6, 6.07) is 18.5. The Bertz CT molecular complexity index is 1590. The minimum absolute atomic E-state index is 0.0343. The van der Waals surface area contributed by atoms with Crippen LogP contribution in [-0.4, -0.2) is 32.6 Å². The second kappa shape index (κ2) is 9.55. The summed E-state index contributed by atoms with van der Waals surface area (Å²) in [4.78, 5) is 26.8. The molecule has 2 heterocycles. The predicted octanol–water partition coefficient (Wildman–Crippen LogP) is 5.22. The fourth-order valence-electron chi connectivity index (χ4n) is 4.58. The smallest absolute Gasteiger partial charge is 0.268 e. The molecule has 0 spiro atoms. The maximum absolute atomic E-state index is 13.4. The fourth-order valence-corrected chi connectivity index (χ4v) is 4.79. The van der Waals surface area contributed by atoms with Crippen molar-refractivity contribution in [1.29, 1.82) is 0 Å². The molecule has 188 valence electrons. The number of benzene rings is 3. The molecule has 0 unspecified atom stereocenters. The van der Waals surface area contributed by atoms with Crippen LogP contribution in [0.15, 0.2) is 70.3 Å². The number of phenolic OH excluding ortho intramolecular Hbond substituents is 1. The molecule has 0 aliphatic carbocycles. The van der Waals surface area contributed by atoms with Crippen LogP contribution in [0.5, 0.6) is 11.5 Å². The fraction of sp³-hybridized carbons (Fsp3) is 0.143. The summed E-state index contributed by atoms with van der Waals surface area (Å²) in [5.74, 6) is -0.972. The molecule has 5 rings (SSSR count). The number of hydrogen-bond acceptors (Lipinski definition) is 4. The lowest BCUT2D eigenvalue weighted by Crippen LogP contribution is -2.20. The second-order valence-electron chi connectivity index (χ2n) is 8.95. The Hall–Kier alpha value is -4.43. The van der Waals surface area contributed by atoms with E-state index in [4.69, 9.17) is 16.3 Å². The van der Waals surface area contributed by atoms with Gasteiger partial charge in [-0.15, -0.1) is 0 Å². The third kappa shape index (κ3) is 4.36. The number of phenols is 1. The Morgan fingerprint density at radius 1 is 0.757 bits per heavy atom. The van der Waals surface area contributed by atoms with Gasteiger partial charge in [0, 0.05) is 5.92 Å². The monoisotopic (exact) mass is 516 g/mol. The van der Waals surface area contributed by atoms with Crippen molar-refractivity contribution < 1.29 is 9.84 Å². The third-order valence-electron chi connectivity index (χ3n) is 6.49. The maximum Gasteiger partial charge on any atom is 0.268 e. The van der Waals surface area contributed by atoms with Gasteiger partial charge in [-0.1, -0.05) is 71.3 Å². The van der Waals surface area contributed by atoms with Gasteiger partial charge in [-0.25, -0.2) is 0 Å². The van der Waals surface area contributed by atoms with E-state index < -0.39 is 5.92 Å². The number of methoxy groups -OCH3 is 1. The van der Waals surface area contributed by atoms with E-state index in [1.165, 1.54) is 7.11 Å². The van der Waals surface area contributed by atoms with Crippen molar-refractivity contribution in [3.8, 4) is 34.0 Å². The summed E-state index contributed by atoms with van der Waals surface area (Å²) in [5.41, 5.74) is 5.11. The number of aromatic hydroxyl groups is 1. The Kier molecular flexibility index (Phi) is 6.27. The molecular weight excluding hydrogens is 492 g/mol. The first kappa shape index (κ1) is 24.3. The van der Waals surface area contributed by atoms with E-state index in [0.29, 0.717) is 28.1 Å². The standard InChI is InChI=1S/C28H25ClN4O4/c1-14-4-8-16(9-5-14)24-22(27(35)32-30-24)21(18-12-19(29)26(34)20(13-18)37-3)23-25(31-33-28(23)36)17-10-6-15(2)7-11-17/h4-13,21,34H,1-3H3,(H2,30,32,35)(H2,31,33,36). The van der Waals surface area contributed by atoms with Crippen molar-refractivity contribution >= 4 is 11.6 Å². The largest absolute Gasteiger partial charge is 0.503 e. The number of aromatic amines is 4. The molecule has 0 bridgehead atoms. The van der Waals surface area contributed by atoms with Gasteiger partial charge in [0.05, 0.1) is 34.6 Å². The van der Waals surface area contributed by atoms with Crippen molar-refractivity contribution in [2.45, 2.75) is 19.8 Å². The van der Waals surface area contributed by atoms with Crippen LogP contribution in [0.25, 0.3) is 22.5 Å². The van der Waals surface area contributed by atoms with Gasteiger partial charge < -0.3 is 9.84 Å². The van der Waals surface area contributed by atoms with E-state index in [2.05, 4.69) is 20.4 Å². The van der Waals surface area contributed by atoms with Gasteiger partial charge in [0.1, 0.15) is 0 Å². The third-order valence-corrected chi connectivity index (χ3v) is 6.78. The van der Waals surface area contributed by atoms with Gasteiger partial charge in [-0.2, -0.15) is 0 Å². The number of ether oxygens (including phenoxy) is 1. The van der Waals surface area contributed by atoms with Gasteiger partial charge in [0.15, 0.2) is 11.5 Å². The van der Waals surface area contributed by atoms with Crippen LogP contribution in [0.1, 0.15) is 33.7 Å². The van der Waals surface area contributed by atoms with Gasteiger partial charge >= 0.3 is 0 Å². The summed E-state index contributed by atoms with van der Waals surface area (Å²) in [7, 11) is 1.41. The minimum atomic E-state index is -0.871. The SMILES string of the molecule is COc1cc(C(c2c(-c3ccc(C)cc3)[nH][nH]c2=O)c2c(-c3ccc(C)cc3)[nH][nH]c2=O)cc(Cl)c1O. The molecule has 3 aromatic carbocycles. The summed E-state index contributed by atoms with van der Waals surface area (Å²) < 4.78 is 5.35. The quantitative estimate of drug-likeness (QED) is 0.212. The second-order valence-corrected chi connectivity index (χ2v) is 9.36. The summed E-state index contributed by atoms with van der Waals surface area (Å²) in [5, 5.41) is 21.8. The molecule has 0 fully saturated rings. The van der Waals surface area contributed by atoms with E-state index in [9.17, 15) is 14.7 Å². The zero-order valence-electron chi connectivity index (χ0n) is 20.4. The average Bonchev–Trinajstić information content (AvgIpc) is 3.45. The molecule has 0 aliphatic heterocycles. The zero-order chi connectivity index (χ0) is 26.3. The maximum atomic E-state index is 13.4. The summed E-state index contributed by atoms with van der Waals surface area (Å²) in [6.45, 7) is 3.95. The molecule has 0 saturated heterocycles.